The molecule has 1 aromatic heterocycles. The van der Waals surface area contributed by atoms with Crippen molar-refractivity contribution < 1.29 is 23.4 Å². The highest BCUT2D eigenvalue weighted by atomic mass is 32.2. The van der Waals surface area contributed by atoms with Crippen LogP contribution >= 0.6 is 11.3 Å². The molecule has 0 amide bonds. The van der Waals surface area contributed by atoms with Crippen molar-refractivity contribution in [2.45, 2.75) is 17.2 Å². The Morgan fingerprint density at radius 2 is 2.19 bits per heavy atom. The van der Waals surface area contributed by atoms with E-state index >= 15 is 0 Å². The molecule has 0 aliphatic rings. The molecular weight excluding hydrogens is 254 g/mol. The number of carboxylic acids is 1. The Labute approximate surface area is 96.6 Å². The molecule has 0 aliphatic carbocycles. The number of carbonyl (C=O) groups is 1. The van der Waals surface area contributed by atoms with Crippen LogP contribution < -0.4 is 4.72 Å². The van der Waals surface area contributed by atoms with E-state index in [1.165, 1.54) is 19.1 Å². The van der Waals surface area contributed by atoms with Crippen LogP contribution in [-0.2, 0) is 10.0 Å². The molecule has 0 bridgehead atoms. The van der Waals surface area contributed by atoms with Gasteiger partial charge in [-0.3, -0.25) is 0 Å². The van der Waals surface area contributed by atoms with Gasteiger partial charge < -0.3 is 10.2 Å². The molecule has 0 aliphatic heterocycles. The van der Waals surface area contributed by atoms with Crippen LogP contribution in [0.1, 0.15) is 16.6 Å². The lowest BCUT2D eigenvalue weighted by atomic mass is 10.4. The standard InChI is InChI=1S/C8H11NO5S2/c1-5(10)4-9-16(13,14)7-3-2-6(15-7)8(11)12/h2-3,5,9-10H,4H2,1H3,(H,11,12). The van der Waals surface area contributed by atoms with Crippen LogP contribution in [0.15, 0.2) is 16.3 Å². The van der Waals surface area contributed by atoms with Gasteiger partial charge in [0.1, 0.15) is 9.09 Å². The van der Waals surface area contributed by atoms with E-state index in [-0.39, 0.29) is 15.6 Å². The Morgan fingerprint density at radius 3 is 2.62 bits per heavy atom. The van der Waals surface area contributed by atoms with Crippen LogP contribution in [0.4, 0.5) is 0 Å². The summed E-state index contributed by atoms with van der Waals surface area (Å²) in [5.41, 5.74) is 0. The third kappa shape index (κ3) is 3.27. The van der Waals surface area contributed by atoms with Crippen molar-refractivity contribution in [3.63, 3.8) is 0 Å². The molecule has 16 heavy (non-hydrogen) atoms. The van der Waals surface area contributed by atoms with Crippen LogP contribution in [0.5, 0.6) is 0 Å². The van der Waals surface area contributed by atoms with Gasteiger partial charge in [0, 0.05) is 6.54 Å². The fourth-order valence-corrected chi connectivity index (χ4v) is 3.19. The zero-order chi connectivity index (χ0) is 12.3. The first-order valence-electron chi connectivity index (χ1n) is 4.34. The fourth-order valence-electron chi connectivity index (χ4n) is 0.881. The van der Waals surface area contributed by atoms with Crippen molar-refractivity contribution in [1.29, 1.82) is 0 Å². The van der Waals surface area contributed by atoms with E-state index < -0.39 is 22.1 Å². The van der Waals surface area contributed by atoms with Gasteiger partial charge in [0.15, 0.2) is 0 Å². The molecule has 3 N–H and O–H groups in total. The second-order valence-electron chi connectivity index (χ2n) is 3.12. The summed E-state index contributed by atoms with van der Waals surface area (Å²) in [5, 5.41) is 17.6. The zero-order valence-electron chi connectivity index (χ0n) is 8.37. The number of nitrogens with one attached hydrogen (secondary N) is 1. The van der Waals surface area contributed by atoms with Crippen LogP contribution in [0.3, 0.4) is 0 Å². The summed E-state index contributed by atoms with van der Waals surface area (Å²) in [6, 6.07) is 2.45. The van der Waals surface area contributed by atoms with E-state index in [0.29, 0.717) is 11.3 Å². The Hall–Kier alpha value is -0.960. The Kier molecular flexibility index (Phi) is 4.03. The van der Waals surface area contributed by atoms with Crippen molar-refractivity contribution in [2.75, 3.05) is 6.54 Å². The van der Waals surface area contributed by atoms with Crippen LogP contribution in [0.25, 0.3) is 0 Å². The molecule has 1 atom stereocenters. The number of aromatic carboxylic acids is 1. The summed E-state index contributed by atoms with van der Waals surface area (Å²) in [4.78, 5) is 10.5. The fraction of sp³-hybridized carbons (Fsp3) is 0.375. The summed E-state index contributed by atoms with van der Waals surface area (Å²) in [7, 11) is -3.72. The number of rotatable bonds is 5. The van der Waals surface area contributed by atoms with Gasteiger partial charge in [-0.05, 0) is 19.1 Å². The number of hydrogen-bond acceptors (Lipinski definition) is 5. The Balaban J connectivity index is 2.86. The average Bonchev–Trinajstić information content (AvgIpc) is 2.64. The molecule has 1 heterocycles. The minimum absolute atomic E-state index is 0.0441. The van der Waals surface area contributed by atoms with E-state index in [2.05, 4.69) is 4.72 Å². The number of thiophene rings is 1. The maximum absolute atomic E-state index is 11.6. The number of carboxylic acid groups (broad SMARTS) is 1. The van der Waals surface area contributed by atoms with E-state index in [9.17, 15) is 13.2 Å². The highest BCUT2D eigenvalue weighted by Gasteiger charge is 2.18. The van der Waals surface area contributed by atoms with Gasteiger partial charge in [0.05, 0.1) is 6.10 Å². The van der Waals surface area contributed by atoms with Crippen molar-refractivity contribution >= 4 is 27.3 Å². The summed E-state index contributed by atoms with van der Waals surface area (Å²) in [6.45, 7) is 1.34. The van der Waals surface area contributed by atoms with Crippen molar-refractivity contribution in [3.05, 3.63) is 17.0 Å². The van der Waals surface area contributed by atoms with E-state index in [0.717, 1.165) is 0 Å². The smallest absolute Gasteiger partial charge is 0.345 e. The van der Waals surface area contributed by atoms with Crippen LogP contribution in [0, 0.1) is 0 Å². The molecule has 0 radical (unpaired) electrons. The van der Waals surface area contributed by atoms with Gasteiger partial charge in [0.25, 0.3) is 0 Å². The molecule has 0 aromatic carbocycles. The minimum atomic E-state index is -3.72. The molecular formula is C8H11NO5S2. The van der Waals surface area contributed by atoms with E-state index in [1.807, 2.05) is 0 Å². The van der Waals surface area contributed by atoms with E-state index in [4.69, 9.17) is 10.2 Å². The lowest BCUT2D eigenvalue weighted by molar-refractivity contribution is 0.0702. The summed E-state index contributed by atoms with van der Waals surface area (Å²) in [5.74, 6) is -1.16. The molecule has 8 heteroatoms. The van der Waals surface area contributed by atoms with E-state index in [1.54, 1.807) is 0 Å². The summed E-state index contributed by atoms with van der Waals surface area (Å²) in [6.07, 6.45) is -0.798. The van der Waals surface area contributed by atoms with Crippen LogP contribution in [-0.4, -0.2) is 37.2 Å². The maximum atomic E-state index is 11.6. The van der Waals surface area contributed by atoms with Gasteiger partial charge in [-0.15, -0.1) is 11.3 Å². The topological polar surface area (TPSA) is 104 Å². The van der Waals surface area contributed by atoms with Gasteiger partial charge >= 0.3 is 5.97 Å². The Morgan fingerprint density at radius 1 is 1.56 bits per heavy atom. The third-order valence-corrected chi connectivity index (χ3v) is 4.61. The quantitative estimate of drug-likeness (QED) is 0.700. The predicted octanol–water partition coefficient (Wildman–Crippen LogP) is 0.105. The normalized spacial score (nSPS) is 13.6. The van der Waals surface area contributed by atoms with Gasteiger partial charge in [-0.2, -0.15) is 0 Å². The molecule has 0 saturated carbocycles. The number of hydrogen-bond donors (Lipinski definition) is 3. The first kappa shape index (κ1) is 13.1. The van der Waals surface area contributed by atoms with Crippen molar-refractivity contribution in [2.24, 2.45) is 0 Å². The molecule has 1 rings (SSSR count). The maximum Gasteiger partial charge on any atom is 0.345 e. The van der Waals surface area contributed by atoms with Gasteiger partial charge in [-0.25, -0.2) is 17.9 Å². The SMILES string of the molecule is CC(O)CNS(=O)(=O)c1ccc(C(=O)O)s1. The molecule has 0 fully saturated rings. The molecule has 1 unspecified atom stereocenters. The number of aliphatic hydroxyl groups is 1. The van der Waals surface area contributed by atoms with Crippen molar-refractivity contribution in [1.82, 2.24) is 4.72 Å². The first-order chi connectivity index (χ1) is 7.33. The number of aliphatic hydroxyl groups excluding tert-OH is 1. The molecule has 1 aromatic rings. The Bertz CT molecular complexity index is 476. The molecule has 0 spiro atoms. The highest BCUT2D eigenvalue weighted by molar-refractivity contribution is 7.91. The lowest BCUT2D eigenvalue weighted by Crippen LogP contribution is -2.30. The van der Waals surface area contributed by atoms with Crippen molar-refractivity contribution in [3.8, 4) is 0 Å². The van der Waals surface area contributed by atoms with Gasteiger partial charge in [0.2, 0.25) is 10.0 Å². The minimum Gasteiger partial charge on any atom is -0.477 e. The monoisotopic (exact) mass is 265 g/mol. The third-order valence-electron chi connectivity index (χ3n) is 1.63. The summed E-state index contributed by atoms with van der Waals surface area (Å²) < 4.78 is 25.2. The molecule has 90 valence electrons. The second-order valence-corrected chi connectivity index (χ2v) is 6.20. The first-order valence-corrected chi connectivity index (χ1v) is 6.64. The average molecular weight is 265 g/mol. The summed E-state index contributed by atoms with van der Waals surface area (Å²) >= 11 is 0.668. The molecule has 0 saturated heterocycles. The predicted molar refractivity (Wildman–Crippen MR) is 58.1 cm³/mol. The second kappa shape index (κ2) is 4.91. The largest absolute Gasteiger partial charge is 0.477 e. The number of sulfonamides is 1. The molecule has 6 nitrogen and oxygen atoms in total. The van der Waals surface area contributed by atoms with Crippen LogP contribution in [0.2, 0.25) is 0 Å². The lowest BCUT2D eigenvalue weighted by Gasteiger charge is -2.05. The highest BCUT2D eigenvalue weighted by Crippen LogP contribution is 2.21. The zero-order valence-corrected chi connectivity index (χ0v) is 10.0. The van der Waals surface area contributed by atoms with Gasteiger partial charge in [-0.1, -0.05) is 0 Å².